The van der Waals surface area contributed by atoms with E-state index < -0.39 is 24.6 Å². The van der Waals surface area contributed by atoms with Gasteiger partial charge in [-0.15, -0.1) is 0 Å². The van der Waals surface area contributed by atoms with E-state index in [1.807, 2.05) is 11.8 Å². The van der Waals surface area contributed by atoms with Gasteiger partial charge in [0.05, 0.1) is 23.3 Å². The van der Waals surface area contributed by atoms with E-state index in [1.165, 1.54) is 10.6 Å². The highest BCUT2D eigenvalue weighted by atomic mass is 32.2. The third kappa shape index (κ3) is 4.65. The maximum Gasteiger partial charge on any atom is 0.211 e. The largest absolute Gasteiger partial charge is 0.357 e. The predicted molar refractivity (Wildman–Crippen MR) is 100.0 cm³/mol. The topological polar surface area (TPSA) is 99.2 Å². The van der Waals surface area contributed by atoms with Crippen molar-refractivity contribution in [2.75, 3.05) is 44.7 Å². The van der Waals surface area contributed by atoms with Crippen LogP contribution in [0.5, 0.6) is 0 Å². The minimum Gasteiger partial charge on any atom is -0.357 e. The molecule has 2 fully saturated rings. The molecule has 0 amide bonds. The molecule has 0 aliphatic carbocycles. The Bertz CT molecular complexity index is 716. The molecule has 0 radical (unpaired) electrons. The normalized spacial score (nSPS) is 27.4. The van der Waals surface area contributed by atoms with Gasteiger partial charge in [-0.05, 0) is 33.6 Å². The van der Waals surface area contributed by atoms with Crippen LogP contribution in [0, 0.1) is 0 Å². The molecule has 2 saturated heterocycles. The third-order valence-electron chi connectivity index (χ3n) is 4.88. The van der Waals surface area contributed by atoms with Gasteiger partial charge in [0.25, 0.3) is 0 Å². The molecular weight excluding hydrogens is 364 g/mol. The number of sulfonamides is 1. The fourth-order valence-electron chi connectivity index (χ4n) is 3.37. The van der Waals surface area contributed by atoms with Gasteiger partial charge in [0.15, 0.2) is 15.8 Å². The fourth-order valence-corrected chi connectivity index (χ4v) is 5.91. The van der Waals surface area contributed by atoms with Crippen LogP contribution in [0.15, 0.2) is 4.99 Å². The molecule has 0 unspecified atom stereocenters. The van der Waals surface area contributed by atoms with Crippen molar-refractivity contribution in [1.82, 2.24) is 14.5 Å². The molecule has 2 aliphatic heterocycles. The average Bonchev–Trinajstić information content (AvgIpc) is 2.95. The molecule has 0 aromatic rings. The molecule has 2 aliphatic rings. The first kappa shape index (κ1) is 20.4. The quantitative estimate of drug-likeness (QED) is 0.527. The van der Waals surface area contributed by atoms with E-state index in [4.69, 9.17) is 0 Å². The van der Waals surface area contributed by atoms with Gasteiger partial charge >= 0.3 is 0 Å². The number of guanidine groups is 1. The van der Waals surface area contributed by atoms with E-state index in [-0.39, 0.29) is 11.8 Å². The lowest BCUT2D eigenvalue weighted by molar-refractivity contribution is 0.349. The number of sulfone groups is 1. The zero-order valence-corrected chi connectivity index (χ0v) is 17.2. The highest BCUT2D eigenvalue weighted by Gasteiger charge is 2.41. The summed E-state index contributed by atoms with van der Waals surface area (Å²) in [4.78, 5) is 6.59. The third-order valence-corrected chi connectivity index (χ3v) is 8.74. The van der Waals surface area contributed by atoms with Crippen LogP contribution in [0.1, 0.15) is 33.6 Å². The van der Waals surface area contributed by atoms with E-state index in [1.54, 1.807) is 13.8 Å². The van der Waals surface area contributed by atoms with Crippen LogP contribution in [0.4, 0.5) is 0 Å². The number of hydrogen-bond acceptors (Lipinski definition) is 5. The summed E-state index contributed by atoms with van der Waals surface area (Å²) >= 11 is 0. The van der Waals surface area contributed by atoms with Crippen LogP contribution in [0.25, 0.3) is 0 Å². The first-order valence-corrected chi connectivity index (χ1v) is 12.2. The second-order valence-electron chi connectivity index (χ2n) is 7.36. The summed E-state index contributed by atoms with van der Waals surface area (Å²) in [7, 11) is -6.33. The highest BCUT2D eigenvalue weighted by molar-refractivity contribution is 7.92. The molecule has 0 bridgehead atoms. The summed E-state index contributed by atoms with van der Waals surface area (Å²) in [6, 6.07) is -0.120. The number of nitrogens with zero attached hydrogens (tertiary/aromatic N) is 3. The Morgan fingerprint density at radius 2 is 2.00 bits per heavy atom. The van der Waals surface area contributed by atoms with Crippen molar-refractivity contribution >= 4 is 25.8 Å². The Morgan fingerprint density at radius 1 is 1.32 bits per heavy atom. The molecule has 10 heteroatoms. The van der Waals surface area contributed by atoms with Crippen LogP contribution >= 0.6 is 0 Å². The van der Waals surface area contributed by atoms with Crippen molar-refractivity contribution < 1.29 is 16.8 Å². The SMILES string of the molecule is CCNC(=NC[C@H]1CCCN1S(C)(=O)=O)N1CCS(=O)(=O)C(C)(C)C1. The summed E-state index contributed by atoms with van der Waals surface area (Å²) in [6.07, 6.45) is 2.88. The molecule has 8 nitrogen and oxygen atoms in total. The maximum absolute atomic E-state index is 12.2. The molecule has 2 rings (SSSR count). The Morgan fingerprint density at radius 3 is 2.56 bits per heavy atom. The number of nitrogens with one attached hydrogen (secondary N) is 1. The standard InChI is InChI=1S/C15H30N4O4S2/c1-5-16-14(18-9-10-25(22,23)15(2,3)12-18)17-11-13-7-6-8-19(13)24(4,20)21/h13H,5-12H2,1-4H3,(H,16,17)/t13-/m1/s1. The summed E-state index contributed by atoms with van der Waals surface area (Å²) in [5.74, 6) is 0.759. The molecule has 0 aromatic heterocycles. The minimum atomic E-state index is -3.22. The molecule has 25 heavy (non-hydrogen) atoms. The van der Waals surface area contributed by atoms with Gasteiger partial charge in [0.2, 0.25) is 10.0 Å². The van der Waals surface area contributed by atoms with Crippen molar-refractivity contribution in [3.8, 4) is 0 Å². The zero-order valence-electron chi connectivity index (χ0n) is 15.5. The molecule has 2 heterocycles. The van der Waals surface area contributed by atoms with E-state index in [9.17, 15) is 16.8 Å². The van der Waals surface area contributed by atoms with Crippen molar-refractivity contribution in [2.24, 2.45) is 4.99 Å². The summed E-state index contributed by atoms with van der Waals surface area (Å²) in [6.45, 7) is 7.81. The lowest BCUT2D eigenvalue weighted by Gasteiger charge is -2.39. The first-order valence-electron chi connectivity index (χ1n) is 8.70. The van der Waals surface area contributed by atoms with Gasteiger partial charge in [-0.3, -0.25) is 4.99 Å². The van der Waals surface area contributed by atoms with Crippen molar-refractivity contribution in [3.05, 3.63) is 0 Å². The smallest absolute Gasteiger partial charge is 0.211 e. The van der Waals surface area contributed by atoms with Crippen LogP contribution in [0.3, 0.4) is 0 Å². The molecule has 1 atom stereocenters. The molecule has 0 saturated carbocycles. The van der Waals surface area contributed by atoms with E-state index in [2.05, 4.69) is 10.3 Å². The summed E-state index contributed by atoms with van der Waals surface area (Å²) in [5, 5.41) is 3.21. The van der Waals surface area contributed by atoms with Crippen molar-refractivity contribution in [3.63, 3.8) is 0 Å². The van der Waals surface area contributed by atoms with Crippen LogP contribution in [-0.4, -0.2) is 87.5 Å². The molecule has 1 N–H and O–H groups in total. The number of aliphatic imine (C=N–C) groups is 1. The summed E-state index contributed by atoms with van der Waals surface area (Å²) < 4.78 is 48.8. The van der Waals surface area contributed by atoms with E-state index in [0.29, 0.717) is 38.7 Å². The maximum atomic E-state index is 12.2. The monoisotopic (exact) mass is 394 g/mol. The number of rotatable bonds is 4. The van der Waals surface area contributed by atoms with Crippen LogP contribution in [-0.2, 0) is 19.9 Å². The lowest BCUT2D eigenvalue weighted by Crippen LogP contribution is -2.57. The number of hydrogen-bond donors (Lipinski definition) is 1. The van der Waals surface area contributed by atoms with E-state index in [0.717, 1.165) is 12.8 Å². The van der Waals surface area contributed by atoms with Gasteiger partial charge in [0, 0.05) is 32.2 Å². The molecule has 146 valence electrons. The first-order chi connectivity index (χ1) is 11.5. The average molecular weight is 395 g/mol. The zero-order chi connectivity index (χ0) is 18.9. The Kier molecular flexibility index (Phi) is 6.05. The Balaban J connectivity index is 2.14. The van der Waals surface area contributed by atoms with Gasteiger partial charge in [0.1, 0.15) is 0 Å². The van der Waals surface area contributed by atoms with Crippen LogP contribution in [0.2, 0.25) is 0 Å². The second-order valence-corrected chi connectivity index (χ2v) is 12.0. The van der Waals surface area contributed by atoms with Crippen molar-refractivity contribution in [1.29, 1.82) is 0 Å². The van der Waals surface area contributed by atoms with Gasteiger partial charge in [-0.1, -0.05) is 0 Å². The van der Waals surface area contributed by atoms with E-state index >= 15 is 0 Å². The molecule has 0 aromatic carbocycles. The van der Waals surface area contributed by atoms with Crippen LogP contribution < -0.4 is 5.32 Å². The highest BCUT2D eigenvalue weighted by Crippen LogP contribution is 2.24. The fraction of sp³-hybridized carbons (Fsp3) is 0.933. The minimum absolute atomic E-state index is 0.101. The Hall–Kier alpha value is -0.870. The molecule has 0 spiro atoms. The predicted octanol–water partition coefficient (Wildman–Crippen LogP) is -0.115. The van der Waals surface area contributed by atoms with Gasteiger partial charge in [-0.2, -0.15) is 4.31 Å². The van der Waals surface area contributed by atoms with Crippen molar-refractivity contribution in [2.45, 2.75) is 44.4 Å². The van der Waals surface area contributed by atoms with Gasteiger partial charge in [-0.25, -0.2) is 16.8 Å². The Labute approximate surface area is 151 Å². The van der Waals surface area contributed by atoms with Gasteiger partial charge < -0.3 is 10.2 Å². The lowest BCUT2D eigenvalue weighted by atomic mass is 10.2. The second kappa shape index (κ2) is 7.40. The summed E-state index contributed by atoms with van der Waals surface area (Å²) in [5.41, 5.74) is 0. The molecular formula is C15H30N4O4S2.